The Morgan fingerprint density at radius 3 is 2.50 bits per heavy atom. The molecule has 0 unspecified atom stereocenters. The van der Waals surface area contributed by atoms with Crippen LogP contribution in [0.1, 0.15) is 61.8 Å². The molecule has 1 amide bonds. The molecule has 0 radical (unpaired) electrons. The number of halogens is 1. The Morgan fingerprint density at radius 1 is 1.25 bits per heavy atom. The van der Waals surface area contributed by atoms with Crippen molar-refractivity contribution in [3.05, 3.63) is 70.2 Å². The van der Waals surface area contributed by atoms with Crippen LogP contribution in [-0.2, 0) is 9.59 Å². The number of carboxylic acids is 1. The predicted octanol–water partition coefficient (Wildman–Crippen LogP) is 3.85. The summed E-state index contributed by atoms with van der Waals surface area (Å²) in [5.74, 6) is -1.45. The van der Waals surface area contributed by atoms with Crippen LogP contribution in [0, 0.1) is 12.3 Å². The van der Waals surface area contributed by atoms with Crippen molar-refractivity contribution >= 4 is 23.5 Å². The molecule has 1 aliphatic rings. The van der Waals surface area contributed by atoms with Gasteiger partial charge in [0.05, 0.1) is 11.5 Å². The highest BCUT2D eigenvalue weighted by atomic mass is 35.5. The van der Waals surface area contributed by atoms with Gasteiger partial charge in [-0.25, -0.2) is 0 Å². The number of nitrogens with zero attached hydrogens (tertiary/aromatic N) is 1. The third-order valence-electron chi connectivity index (χ3n) is 6.64. The molecule has 3 rings (SSSR count). The van der Waals surface area contributed by atoms with E-state index in [1.807, 2.05) is 43.1 Å². The standard InChI is InChI=1S/C26H33ClN2O3/c1-5-21(16-28-4)29-24(18-11-9-17(2)10-12-18)22(19-7-6-8-20(27)13-19)14-26(3,25(29)32)15-23(30)31/h6-13,21-22,24,28H,5,14-16H2,1-4H3,(H,30,31)/p-1/t21-,22+,24+,26+/m0/s1. The van der Waals surface area contributed by atoms with Gasteiger partial charge in [0, 0.05) is 35.9 Å². The number of likely N-dealkylation sites (tertiary alicyclic amines) is 1. The van der Waals surface area contributed by atoms with E-state index in [9.17, 15) is 14.7 Å². The number of carbonyl (C=O) groups excluding carboxylic acids is 2. The molecule has 172 valence electrons. The predicted molar refractivity (Wildman–Crippen MR) is 125 cm³/mol. The zero-order chi connectivity index (χ0) is 23.5. The molecule has 0 aromatic heterocycles. The van der Waals surface area contributed by atoms with Gasteiger partial charge in [-0.1, -0.05) is 67.4 Å². The van der Waals surface area contributed by atoms with Crippen molar-refractivity contribution in [2.75, 3.05) is 13.6 Å². The van der Waals surface area contributed by atoms with Gasteiger partial charge in [0.15, 0.2) is 0 Å². The largest absolute Gasteiger partial charge is 0.550 e. The molecule has 0 bridgehead atoms. The number of rotatable bonds is 8. The molecule has 5 nitrogen and oxygen atoms in total. The molecule has 0 saturated carbocycles. The fourth-order valence-electron chi connectivity index (χ4n) is 5.04. The molecule has 6 heteroatoms. The zero-order valence-electron chi connectivity index (χ0n) is 19.2. The smallest absolute Gasteiger partial charge is 0.229 e. The summed E-state index contributed by atoms with van der Waals surface area (Å²) < 4.78 is 0. The molecule has 1 saturated heterocycles. The molecule has 1 N–H and O–H groups in total. The number of carboxylic acid groups (broad SMARTS) is 1. The number of piperidine rings is 1. The van der Waals surface area contributed by atoms with E-state index in [1.54, 1.807) is 6.92 Å². The number of likely N-dealkylation sites (N-methyl/N-ethyl adjacent to an activating group) is 1. The van der Waals surface area contributed by atoms with Gasteiger partial charge in [0.2, 0.25) is 5.91 Å². The van der Waals surface area contributed by atoms with E-state index in [-0.39, 0.29) is 30.3 Å². The second-order valence-electron chi connectivity index (χ2n) is 9.16. The van der Waals surface area contributed by atoms with Gasteiger partial charge in [-0.2, -0.15) is 0 Å². The lowest BCUT2D eigenvalue weighted by Crippen LogP contribution is -2.58. The lowest BCUT2D eigenvalue weighted by molar-refractivity contribution is -0.308. The van der Waals surface area contributed by atoms with Gasteiger partial charge in [0.25, 0.3) is 0 Å². The highest BCUT2D eigenvalue weighted by Gasteiger charge is 2.51. The summed E-state index contributed by atoms with van der Waals surface area (Å²) in [7, 11) is 1.87. The monoisotopic (exact) mass is 455 g/mol. The summed E-state index contributed by atoms with van der Waals surface area (Å²) in [6.07, 6.45) is 0.847. The van der Waals surface area contributed by atoms with Crippen LogP contribution in [0.25, 0.3) is 0 Å². The Kier molecular flexibility index (Phi) is 7.63. The SMILES string of the molecule is CC[C@@H](CNC)N1C(=O)[C@@](C)(CC(=O)[O-])C[C@H](c2cccc(Cl)c2)[C@H]1c1ccc(C)cc1. The summed E-state index contributed by atoms with van der Waals surface area (Å²) in [5, 5.41) is 15.5. The maximum absolute atomic E-state index is 13.9. The minimum absolute atomic E-state index is 0.0816. The van der Waals surface area contributed by atoms with E-state index in [0.29, 0.717) is 18.0 Å². The minimum atomic E-state index is -1.21. The van der Waals surface area contributed by atoms with Crippen LogP contribution in [0.4, 0.5) is 0 Å². The number of aliphatic carboxylic acids is 1. The molecule has 2 aromatic rings. The lowest BCUT2D eigenvalue weighted by Gasteiger charge is -2.52. The summed E-state index contributed by atoms with van der Waals surface area (Å²) in [6, 6.07) is 15.6. The molecule has 0 aliphatic carbocycles. The Labute approximate surface area is 195 Å². The number of carbonyl (C=O) groups is 2. The Bertz CT molecular complexity index is 962. The second-order valence-corrected chi connectivity index (χ2v) is 9.60. The van der Waals surface area contributed by atoms with Crippen LogP contribution in [0.5, 0.6) is 0 Å². The molecular weight excluding hydrogens is 424 g/mol. The van der Waals surface area contributed by atoms with Gasteiger partial charge in [-0.3, -0.25) is 4.79 Å². The maximum atomic E-state index is 13.9. The van der Waals surface area contributed by atoms with E-state index >= 15 is 0 Å². The first kappa shape index (κ1) is 24.3. The molecule has 4 atom stereocenters. The van der Waals surface area contributed by atoms with Crippen molar-refractivity contribution in [3.63, 3.8) is 0 Å². The van der Waals surface area contributed by atoms with Crippen molar-refractivity contribution < 1.29 is 14.7 Å². The van der Waals surface area contributed by atoms with Crippen LogP contribution in [0.2, 0.25) is 5.02 Å². The molecule has 2 aromatic carbocycles. The van der Waals surface area contributed by atoms with Crippen molar-refractivity contribution in [3.8, 4) is 0 Å². The van der Waals surface area contributed by atoms with Crippen molar-refractivity contribution in [2.45, 2.75) is 58.0 Å². The fraction of sp³-hybridized carbons (Fsp3) is 0.462. The minimum Gasteiger partial charge on any atom is -0.550 e. The first-order chi connectivity index (χ1) is 15.2. The van der Waals surface area contributed by atoms with Crippen molar-refractivity contribution in [1.29, 1.82) is 0 Å². The van der Waals surface area contributed by atoms with Gasteiger partial charge in [0.1, 0.15) is 0 Å². The third kappa shape index (κ3) is 5.00. The zero-order valence-corrected chi connectivity index (χ0v) is 20.0. The molecule has 32 heavy (non-hydrogen) atoms. The maximum Gasteiger partial charge on any atom is 0.229 e. The van der Waals surface area contributed by atoms with Crippen LogP contribution < -0.4 is 10.4 Å². The van der Waals surface area contributed by atoms with Crippen LogP contribution in [-0.4, -0.2) is 36.4 Å². The highest BCUT2D eigenvalue weighted by Crippen LogP contribution is 2.52. The fourth-order valence-corrected chi connectivity index (χ4v) is 5.24. The quantitative estimate of drug-likeness (QED) is 0.656. The van der Waals surface area contributed by atoms with Gasteiger partial charge < -0.3 is 20.1 Å². The normalized spacial score (nSPS) is 24.4. The first-order valence-corrected chi connectivity index (χ1v) is 11.6. The van der Waals surface area contributed by atoms with Gasteiger partial charge in [-0.15, -0.1) is 0 Å². The number of benzene rings is 2. The topological polar surface area (TPSA) is 72.5 Å². The first-order valence-electron chi connectivity index (χ1n) is 11.2. The van der Waals surface area contributed by atoms with Crippen LogP contribution in [0.15, 0.2) is 48.5 Å². The molecular formula is C26H32ClN2O3-. The van der Waals surface area contributed by atoms with Gasteiger partial charge in [-0.05, 0) is 50.1 Å². The lowest BCUT2D eigenvalue weighted by atomic mass is 9.67. The number of aryl methyl sites for hydroxylation is 1. The molecule has 1 fully saturated rings. The summed E-state index contributed by atoms with van der Waals surface area (Å²) in [4.78, 5) is 27.5. The Hall–Kier alpha value is -2.37. The van der Waals surface area contributed by atoms with E-state index in [2.05, 4.69) is 36.5 Å². The highest BCUT2D eigenvalue weighted by molar-refractivity contribution is 6.30. The molecule has 1 heterocycles. The number of nitrogens with one attached hydrogen (secondary N) is 1. The van der Waals surface area contributed by atoms with Gasteiger partial charge >= 0.3 is 0 Å². The summed E-state index contributed by atoms with van der Waals surface area (Å²) >= 11 is 6.34. The summed E-state index contributed by atoms with van der Waals surface area (Å²) in [5.41, 5.74) is 2.13. The van der Waals surface area contributed by atoms with E-state index < -0.39 is 11.4 Å². The van der Waals surface area contributed by atoms with E-state index in [1.165, 1.54) is 0 Å². The average Bonchev–Trinajstić information content (AvgIpc) is 2.74. The van der Waals surface area contributed by atoms with Crippen molar-refractivity contribution in [1.82, 2.24) is 10.2 Å². The van der Waals surface area contributed by atoms with Crippen LogP contribution >= 0.6 is 11.6 Å². The van der Waals surface area contributed by atoms with E-state index in [0.717, 1.165) is 23.1 Å². The van der Waals surface area contributed by atoms with E-state index in [4.69, 9.17) is 11.6 Å². The average molecular weight is 456 g/mol. The Balaban J connectivity index is 2.22. The summed E-state index contributed by atoms with van der Waals surface area (Å²) in [6.45, 7) is 6.47. The number of hydrogen-bond acceptors (Lipinski definition) is 4. The number of amides is 1. The molecule has 1 aliphatic heterocycles. The van der Waals surface area contributed by atoms with Crippen LogP contribution in [0.3, 0.4) is 0 Å². The number of hydrogen-bond donors (Lipinski definition) is 1. The molecule has 0 spiro atoms. The Morgan fingerprint density at radius 2 is 1.94 bits per heavy atom. The van der Waals surface area contributed by atoms with Crippen molar-refractivity contribution in [2.24, 2.45) is 5.41 Å². The third-order valence-corrected chi connectivity index (χ3v) is 6.87. The second kappa shape index (κ2) is 10.1.